The Balaban J connectivity index is 1.49. The quantitative estimate of drug-likeness (QED) is 0.485. The van der Waals surface area contributed by atoms with Crippen molar-refractivity contribution in [3.63, 3.8) is 0 Å². The van der Waals surface area contributed by atoms with Gasteiger partial charge in [-0.25, -0.2) is 0 Å². The standard InChI is InChI=1S/C23H31Cl2N3O5/c24-19-3-1-16(11-20(19)25)2-4-22(32)27-8-6-23(33)28(10-9-27)13-18(30)12-26-7-5-17(15-29)21(31)14-26/h1-4,11,17-18,21,29-31H,5-10,12-15H2/t17-,18-,21+/m0/s1. The molecule has 182 valence electrons. The highest BCUT2D eigenvalue weighted by atomic mass is 35.5. The number of amides is 2. The Kier molecular flexibility index (Phi) is 9.55. The largest absolute Gasteiger partial charge is 0.396 e. The molecule has 10 heteroatoms. The summed E-state index contributed by atoms with van der Waals surface area (Å²) >= 11 is 11.9. The van der Waals surface area contributed by atoms with Crippen LogP contribution in [-0.2, 0) is 9.59 Å². The van der Waals surface area contributed by atoms with Crippen LogP contribution in [0.15, 0.2) is 24.3 Å². The number of piperidine rings is 1. The molecule has 0 unspecified atom stereocenters. The van der Waals surface area contributed by atoms with Crippen LogP contribution >= 0.6 is 23.2 Å². The number of nitrogens with zero attached hydrogens (tertiary/aromatic N) is 3. The predicted molar refractivity (Wildman–Crippen MR) is 127 cm³/mol. The van der Waals surface area contributed by atoms with Crippen LogP contribution in [0.4, 0.5) is 0 Å². The molecule has 2 heterocycles. The van der Waals surface area contributed by atoms with Gasteiger partial charge in [-0.05, 0) is 36.7 Å². The molecule has 1 aromatic carbocycles. The lowest BCUT2D eigenvalue weighted by molar-refractivity contribution is -0.132. The molecule has 8 nitrogen and oxygen atoms in total. The van der Waals surface area contributed by atoms with Gasteiger partial charge >= 0.3 is 0 Å². The smallest absolute Gasteiger partial charge is 0.246 e. The zero-order chi connectivity index (χ0) is 24.0. The summed E-state index contributed by atoms with van der Waals surface area (Å²) in [5, 5.41) is 30.7. The molecule has 2 fully saturated rings. The van der Waals surface area contributed by atoms with Gasteiger partial charge in [0.1, 0.15) is 0 Å². The molecule has 3 atom stereocenters. The maximum Gasteiger partial charge on any atom is 0.246 e. The Morgan fingerprint density at radius 3 is 2.64 bits per heavy atom. The molecule has 2 saturated heterocycles. The summed E-state index contributed by atoms with van der Waals surface area (Å²) in [5.74, 6) is -0.423. The summed E-state index contributed by atoms with van der Waals surface area (Å²) in [4.78, 5) is 30.3. The van der Waals surface area contributed by atoms with E-state index in [1.807, 2.05) is 4.90 Å². The van der Waals surface area contributed by atoms with E-state index in [4.69, 9.17) is 23.2 Å². The van der Waals surface area contributed by atoms with Crippen molar-refractivity contribution >= 4 is 41.1 Å². The number of benzene rings is 1. The minimum Gasteiger partial charge on any atom is -0.396 e. The van der Waals surface area contributed by atoms with E-state index in [-0.39, 0.29) is 37.3 Å². The molecule has 3 rings (SSSR count). The fourth-order valence-electron chi connectivity index (χ4n) is 4.20. The maximum atomic E-state index is 12.6. The first-order valence-electron chi connectivity index (χ1n) is 11.2. The Hall–Kier alpha value is -1.68. The number of halogens is 2. The average Bonchev–Trinajstić information content (AvgIpc) is 2.96. The summed E-state index contributed by atoms with van der Waals surface area (Å²) < 4.78 is 0. The van der Waals surface area contributed by atoms with Gasteiger partial charge in [0.25, 0.3) is 0 Å². The number of rotatable bonds is 7. The van der Waals surface area contributed by atoms with Crippen molar-refractivity contribution in [3.8, 4) is 0 Å². The summed E-state index contributed by atoms with van der Waals surface area (Å²) in [5.41, 5.74) is 0.751. The SMILES string of the molecule is O=C(C=Cc1ccc(Cl)c(Cl)c1)N1CCC(=O)N(C[C@@H](O)CN2CC[C@@H](CO)[C@H](O)C2)CC1. The van der Waals surface area contributed by atoms with E-state index in [0.717, 1.165) is 5.56 Å². The van der Waals surface area contributed by atoms with Crippen molar-refractivity contribution in [1.29, 1.82) is 0 Å². The second kappa shape index (κ2) is 12.1. The number of aliphatic hydroxyl groups excluding tert-OH is 3. The summed E-state index contributed by atoms with van der Waals surface area (Å²) in [6, 6.07) is 5.10. The molecule has 2 amide bonds. The zero-order valence-electron chi connectivity index (χ0n) is 18.4. The fourth-order valence-corrected chi connectivity index (χ4v) is 4.51. The minimum absolute atomic E-state index is 0.0440. The molecule has 0 aromatic heterocycles. The molecular formula is C23H31Cl2N3O5. The summed E-state index contributed by atoms with van der Waals surface area (Å²) in [7, 11) is 0. The number of β-amino-alcohol motifs (C(OH)–C–C–N with tert-alkyl or cyclic N) is 2. The van der Waals surface area contributed by atoms with Crippen LogP contribution in [0, 0.1) is 5.92 Å². The average molecular weight is 500 g/mol. The van der Waals surface area contributed by atoms with E-state index in [2.05, 4.69) is 0 Å². The number of likely N-dealkylation sites (tertiary alicyclic amines) is 1. The van der Waals surface area contributed by atoms with Crippen molar-refractivity contribution in [2.45, 2.75) is 25.0 Å². The molecule has 0 radical (unpaired) electrons. The van der Waals surface area contributed by atoms with Gasteiger partial charge in [0.05, 0.1) is 22.3 Å². The number of carbonyl (C=O) groups is 2. The Morgan fingerprint density at radius 1 is 1.15 bits per heavy atom. The number of aliphatic hydroxyl groups is 3. The highest BCUT2D eigenvalue weighted by Crippen LogP contribution is 2.23. The van der Waals surface area contributed by atoms with Crippen molar-refractivity contribution in [2.75, 3.05) is 52.4 Å². The Labute approximate surface area is 204 Å². The van der Waals surface area contributed by atoms with Crippen LogP contribution in [0.2, 0.25) is 10.0 Å². The van der Waals surface area contributed by atoms with Crippen LogP contribution in [0.25, 0.3) is 6.08 Å². The lowest BCUT2D eigenvalue weighted by Gasteiger charge is -2.36. The van der Waals surface area contributed by atoms with Crippen molar-refractivity contribution in [2.24, 2.45) is 5.92 Å². The van der Waals surface area contributed by atoms with Crippen molar-refractivity contribution in [1.82, 2.24) is 14.7 Å². The lowest BCUT2D eigenvalue weighted by atomic mass is 9.94. The fraction of sp³-hybridized carbons (Fsp3) is 0.565. The Morgan fingerprint density at radius 2 is 1.94 bits per heavy atom. The van der Waals surface area contributed by atoms with Gasteiger partial charge in [0.2, 0.25) is 11.8 Å². The third-order valence-corrected chi connectivity index (χ3v) is 6.94. The van der Waals surface area contributed by atoms with Gasteiger partial charge in [-0.2, -0.15) is 0 Å². The van der Waals surface area contributed by atoms with Crippen LogP contribution in [0.1, 0.15) is 18.4 Å². The highest BCUT2D eigenvalue weighted by Gasteiger charge is 2.29. The zero-order valence-corrected chi connectivity index (χ0v) is 20.0. The molecule has 0 spiro atoms. The molecule has 1 aromatic rings. The van der Waals surface area contributed by atoms with Crippen molar-refractivity contribution in [3.05, 3.63) is 39.9 Å². The predicted octanol–water partition coefficient (Wildman–Crippen LogP) is 1.10. The number of hydrogen-bond acceptors (Lipinski definition) is 6. The third-order valence-electron chi connectivity index (χ3n) is 6.20. The van der Waals surface area contributed by atoms with Gasteiger partial charge < -0.3 is 25.1 Å². The normalized spacial score (nSPS) is 23.7. The molecular weight excluding hydrogens is 469 g/mol. The molecule has 0 aliphatic carbocycles. The van der Waals surface area contributed by atoms with Gasteiger partial charge in [-0.3, -0.25) is 14.5 Å². The topological polar surface area (TPSA) is 105 Å². The summed E-state index contributed by atoms with van der Waals surface area (Å²) in [6.07, 6.45) is 2.60. The van der Waals surface area contributed by atoms with Crippen molar-refractivity contribution < 1.29 is 24.9 Å². The molecule has 3 N–H and O–H groups in total. The molecule has 2 aliphatic heterocycles. The first-order chi connectivity index (χ1) is 15.8. The van der Waals surface area contributed by atoms with Crippen LogP contribution in [0.3, 0.4) is 0 Å². The van der Waals surface area contributed by atoms with E-state index in [0.29, 0.717) is 55.7 Å². The van der Waals surface area contributed by atoms with Crippen LogP contribution < -0.4 is 0 Å². The third kappa shape index (κ3) is 7.40. The van der Waals surface area contributed by atoms with Gasteiger partial charge in [-0.1, -0.05) is 29.3 Å². The Bertz CT molecular complexity index is 868. The van der Waals surface area contributed by atoms with Gasteiger partial charge in [0.15, 0.2) is 0 Å². The first kappa shape index (κ1) is 25.9. The maximum absolute atomic E-state index is 12.6. The first-order valence-corrected chi connectivity index (χ1v) is 11.9. The molecule has 33 heavy (non-hydrogen) atoms. The lowest BCUT2D eigenvalue weighted by Crippen LogP contribution is -2.49. The highest BCUT2D eigenvalue weighted by molar-refractivity contribution is 6.42. The molecule has 0 bridgehead atoms. The minimum atomic E-state index is -0.761. The number of carbonyl (C=O) groups excluding carboxylic acids is 2. The molecule has 2 aliphatic rings. The van der Waals surface area contributed by atoms with Gasteiger partial charge in [0, 0.05) is 64.3 Å². The second-order valence-electron chi connectivity index (χ2n) is 8.63. The van der Waals surface area contributed by atoms with Gasteiger partial charge in [-0.15, -0.1) is 0 Å². The van der Waals surface area contributed by atoms with Crippen LogP contribution in [-0.4, -0.2) is 106 Å². The van der Waals surface area contributed by atoms with E-state index in [9.17, 15) is 24.9 Å². The van der Waals surface area contributed by atoms with E-state index >= 15 is 0 Å². The molecule has 0 saturated carbocycles. The van der Waals surface area contributed by atoms with E-state index in [1.54, 1.807) is 34.1 Å². The van der Waals surface area contributed by atoms with E-state index in [1.165, 1.54) is 6.08 Å². The van der Waals surface area contributed by atoms with Crippen LogP contribution in [0.5, 0.6) is 0 Å². The monoisotopic (exact) mass is 499 g/mol. The number of hydrogen-bond donors (Lipinski definition) is 3. The van der Waals surface area contributed by atoms with E-state index < -0.39 is 12.2 Å². The summed E-state index contributed by atoms with van der Waals surface area (Å²) in [6.45, 7) is 2.59. The second-order valence-corrected chi connectivity index (χ2v) is 9.45.